The number of carbonyl (C=O) groups is 1. The Morgan fingerprint density at radius 1 is 0.947 bits per heavy atom. The lowest BCUT2D eigenvalue weighted by atomic mass is 10.1. The third-order valence-corrected chi connectivity index (χ3v) is 2.55. The third-order valence-electron chi connectivity index (χ3n) is 2.55. The lowest BCUT2D eigenvalue weighted by molar-refractivity contribution is 0.104. The van der Waals surface area contributed by atoms with E-state index in [9.17, 15) is 15.0 Å². The first-order valence-corrected chi connectivity index (χ1v) is 5.60. The van der Waals surface area contributed by atoms with Crippen molar-refractivity contribution in [3.8, 4) is 17.2 Å². The van der Waals surface area contributed by atoms with Crippen LogP contribution < -0.4 is 0 Å². The second-order valence-corrected chi connectivity index (χ2v) is 3.97. The average molecular weight is 256 g/mol. The molecule has 0 saturated carbocycles. The van der Waals surface area contributed by atoms with E-state index in [-0.39, 0.29) is 11.3 Å². The fraction of sp³-hybridized carbons (Fsp3) is 0. The van der Waals surface area contributed by atoms with Gasteiger partial charge in [0.2, 0.25) is 0 Å². The molecule has 0 atom stereocenters. The maximum Gasteiger partial charge on any atom is 0.193 e. The van der Waals surface area contributed by atoms with Gasteiger partial charge in [0, 0.05) is 12.1 Å². The van der Waals surface area contributed by atoms with Crippen molar-refractivity contribution in [2.24, 2.45) is 0 Å². The van der Waals surface area contributed by atoms with Gasteiger partial charge >= 0.3 is 0 Å². The highest BCUT2D eigenvalue weighted by molar-refractivity contribution is 6.10. The highest BCUT2D eigenvalue weighted by Crippen LogP contribution is 2.32. The summed E-state index contributed by atoms with van der Waals surface area (Å²) in [4.78, 5) is 11.9. The molecule has 0 aliphatic rings. The first-order chi connectivity index (χ1) is 9.08. The minimum atomic E-state index is -0.543. The molecule has 0 saturated heterocycles. The molecule has 0 heterocycles. The van der Waals surface area contributed by atoms with Gasteiger partial charge in [0.05, 0.1) is 0 Å². The average Bonchev–Trinajstić information content (AvgIpc) is 2.36. The number of carbonyl (C=O) groups excluding carboxylic acids is 1. The Balaban J connectivity index is 2.29. The van der Waals surface area contributed by atoms with E-state index in [1.54, 1.807) is 6.08 Å². The fourth-order valence-corrected chi connectivity index (χ4v) is 1.67. The maximum absolute atomic E-state index is 11.9. The SMILES string of the molecule is O=C(C=Cc1ccccc1)c1c(O)cc(O)cc1O. The third kappa shape index (κ3) is 2.93. The van der Waals surface area contributed by atoms with Crippen LogP contribution in [-0.4, -0.2) is 21.1 Å². The number of ketones is 1. The smallest absolute Gasteiger partial charge is 0.193 e. The highest BCUT2D eigenvalue weighted by atomic mass is 16.3. The number of hydrogen-bond donors (Lipinski definition) is 3. The largest absolute Gasteiger partial charge is 0.508 e. The van der Waals surface area contributed by atoms with E-state index in [1.165, 1.54) is 6.08 Å². The quantitative estimate of drug-likeness (QED) is 0.583. The molecule has 19 heavy (non-hydrogen) atoms. The summed E-state index contributed by atoms with van der Waals surface area (Å²) in [7, 11) is 0. The van der Waals surface area contributed by atoms with Crippen LogP contribution in [0.2, 0.25) is 0 Å². The summed E-state index contributed by atoms with van der Waals surface area (Å²) in [6, 6.07) is 11.2. The second-order valence-electron chi connectivity index (χ2n) is 3.97. The van der Waals surface area contributed by atoms with Gasteiger partial charge in [0.1, 0.15) is 22.8 Å². The lowest BCUT2D eigenvalue weighted by Crippen LogP contribution is -1.95. The predicted molar refractivity (Wildman–Crippen MR) is 71.2 cm³/mol. The van der Waals surface area contributed by atoms with Crippen LogP contribution in [0.4, 0.5) is 0 Å². The van der Waals surface area contributed by atoms with Crippen LogP contribution in [0.5, 0.6) is 17.2 Å². The van der Waals surface area contributed by atoms with Gasteiger partial charge in [-0.1, -0.05) is 36.4 Å². The summed E-state index contributed by atoms with van der Waals surface area (Å²) in [5.74, 6) is -1.77. The van der Waals surface area contributed by atoms with Crippen molar-refractivity contribution in [2.45, 2.75) is 0 Å². The molecule has 0 amide bonds. The van der Waals surface area contributed by atoms with Gasteiger partial charge in [0.15, 0.2) is 5.78 Å². The maximum atomic E-state index is 11.9. The monoisotopic (exact) mass is 256 g/mol. The van der Waals surface area contributed by atoms with Crippen LogP contribution in [-0.2, 0) is 0 Å². The number of phenolic OH excluding ortho intramolecular Hbond substituents is 3. The molecule has 96 valence electrons. The van der Waals surface area contributed by atoms with Crippen LogP contribution in [0.15, 0.2) is 48.5 Å². The van der Waals surface area contributed by atoms with Crippen molar-refractivity contribution in [1.82, 2.24) is 0 Å². The van der Waals surface area contributed by atoms with Crippen molar-refractivity contribution >= 4 is 11.9 Å². The molecule has 0 bridgehead atoms. The van der Waals surface area contributed by atoms with Gasteiger partial charge < -0.3 is 15.3 Å². The van der Waals surface area contributed by atoms with Crippen LogP contribution in [0.25, 0.3) is 6.08 Å². The number of rotatable bonds is 3. The zero-order valence-corrected chi connectivity index (χ0v) is 9.95. The molecule has 3 N–H and O–H groups in total. The predicted octanol–water partition coefficient (Wildman–Crippen LogP) is 2.70. The van der Waals surface area contributed by atoms with Crippen molar-refractivity contribution in [3.63, 3.8) is 0 Å². The summed E-state index contributed by atoms with van der Waals surface area (Å²) < 4.78 is 0. The van der Waals surface area contributed by atoms with Gasteiger partial charge in [-0.2, -0.15) is 0 Å². The lowest BCUT2D eigenvalue weighted by Gasteiger charge is -2.04. The molecular formula is C15H12O4. The molecule has 4 nitrogen and oxygen atoms in total. The topological polar surface area (TPSA) is 77.8 Å². The first-order valence-electron chi connectivity index (χ1n) is 5.60. The molecule has 2 aromatic carbocycles. The van der Waals surface area contributed by atoms with Crippen LogP contribution in [0.1, 0.15) is 15.9 Å². The number of phenols is 3. The molecule has 0 fully saturated rings. The van der Waals surface area contributed by atoms with Crippen molar-refractivity contribution in [3.05, 3.63) is 59.7 Å². The summed E-state index contributed by atoms with van der Waals surface area (Å²) in [6.45, 7) is 0. The summed E-state index contributed by atoms with van der Waals surface area (Å²) in [5.41, 5.74) is 0.596. The van der Waals surface area contributed by atoms with Crippen LogP contribution in [0, 0.1) is 0 Å². The molecule has 0 aliphatic heterocycles. The Morgan fingerprint density at radius 2 is 1.53 bits per heavy atom. The Morgan fingerprint density at radius 3 is 2.11 bits per heavy atom. The van der Waals surface area contributed by atoms with Crippen molar-refractivity contribution < 1.29 is 20.1 Å². The van der Waals surface area contributed by atoms with E-state index >= 15 is 0 Å². The van der Waals surface area contributed by atoms with E-state index in [0.717, 1.165) is 17.7 Å². The first kappa shape index (κ1) is 12.7. The number of hydrogen-bond acceptors (Lipinski definition) is 4. The van der Waals surface area contributed by atoms with Gasteiger partial charge in [-0.3, -0.25) is 4.79 Å². The zero-order valence-electron chi connectivity index (χ0n) is 9.95. The minimum absolute atomic E-state index is 0.231. The molecule has 0 aromatic heterocycles. The molecule has 0 unspecified atom stereocenters. The standard InChI is InChI=1S/C15H12O4/c16-11-8-13(18)15(14(19)9-11)12(17)7-6-10-4-2-1-3-5-10/h1-9,16,18-19H. The number of benzene rings is 2. The summed E-state index contributed by atoms with van der Waals surface area (Å²) >= 11 is 0. The highest BCUT2D eigenvalue weighted by Gasteiger charge is 2.15. The molecular weight excluding hydrogens is 244 g/mol. The van der Waals surface area contributed by atoms with E-state index < -0.39 is 17.3 Å². The number of aromatic hydroxyl groups is 3. The van der Waals surface area contributed by atoms with Crippen LogP contribution in [0.3, 0.4) is 0 Å². The molecule has 2 aromatic rings. The van der Waals surface area contributed by atoms with Gasteiger partial charge in [0.25, 0.3) is 0 Å². The fourth-order valence-electron chi connectivity index (χ4n) is 1.67. The van der Waals surface area contributed by atoms with E-state index in [1.807, 2.05) is 30.3 Å². The van der Waals surface area contributed by atoms with E-state index in [4.69, 9.17) is 5.11 Å². The Hall–Kier alpha value is -2.75. The summed E-state index contributed by atoms with van der Waals surface area (Å²) in [5, 5.41) is 28.3. The normalized spacial score (nSPS) is 10.7. The molecule has 0 spiro atoms. The molecule has 0 radical (unpaired) electrons. The van der Waals surface area contributed by atoms with Crippen molar-refractivity contribution in [2.75, 3.05) is 0 Å². The Labute approximate surface area is 109 Å². The minimum Gasteiger partial charge on any atom is -0.508 e. The van der Waals surface area contributed by atoms with E-state index in [2.05, 4.69) is 0 Å². The van der Waals surface area contributed by atoms with Crippen molar-refractivity contribution in [1.29, 1.82) is 0 Å². The van der Waals surface area contributed by atoms with Crippen LogP contribution >= 0.6 is 0 Å². The zero-order chi connectivity index (χ0) is 13.8. The van der Waals surface area contributed by atoms with Gasteiger partial charge in [-0.25, -0.2) is 0 Å². The van der Waals surface area contributed by atoms with Gasteiger partial charge in [-0.15, -0.1) is 0 Å². The number of allylic oxidation sites excluding steroid dienone is 1. The molecule has 2 rings (SSSR count). The van der Waals surface area contributed by atoms with E-state index in [0.29, 0.717) is 0 Å². The molecule has 4 heteroatoms. The Kier molecular flexibility index (Phi) is 3.52. The van der Waals surface area contributed by atoms with Gasteiger partial charge in [-0.05, 0) is 11.6 Å². The Bertz CT molecular complexity index is 607. The summed E-state index contributed by atoms with van der Waals surface area (Å²) in [6.07, 6.45) is 2.83. The second kappa shape index (κ2) is 5.27. The molecule has 0 aliphatic carbocycles.